The van der Waals surface area contributed by atoms with Crippen LogP contribution in [0.2, 0.25) is 0 Å². The van der Waals surface area contributed by atoms with Crippen molar-refractivity contribution < 1.29 is 8.42 Å². The number of sulfonamides is 1. The molecule has 0 amide bonds. The van der Waals surface area contributed by atoms with Crippen LogP contribution in [0.3, 0.4) is 0 Å². The van der Waals surface area contributed by atoms with Crippen LogP contribution in [0.5, 0.6) is 0 Å². The average molecular weight is 342 g/mol. The van der Waals surface area contributed by atoms with Gasteiger partial charge in [-0.15, -0.1) is 0 Å². The van der Waals surface area contributed by atoms with Crippen molar-refractivity contribution in [3.8, 4) is 0 Å². The van der Waals surface area contributed by atoms with Gasteiger partial charge >= 0.3 is 0 Å². The number of likely N-dealkylation sites (N-methyl/N-ethyl adjacent to an activating group) is 1. The minimum atomic E-state index is -3.17. The Hall–Kier alpha value is 0.310. The molecular formula is C11H24BrN3O2S. The molecule has 1 N–H and O–H groups in total. The lowest BCUT2D eigenvalue weighted by molar-refractivity contribution is 0.0905. The van der Waals surface area contributed by atoms with Crippen LogP contribution in [-0.4, -0.2) is 68.7 Å². The molecule has 108 valence electrons. The second-order valence-electron chi connectivity index (χ2n) is 5.22. The van der Waals surface area contributed by atoms with Gasteiger partial charge < -0.3 is 4.90 Å². The third-order valence-corrected chi connectivity index (χ3v) is 6.13. The molecule has 0 saturated carbocycles. The predicted octanol–water partition coefficient (Wildman–Crippen LogP) is 0.530. The lowest BCUT2D eigenvalue weighted by atomic mass is 10.0. The van der Waals surface area contributed by atoms with E-state index in [1.54, 1.807) is 0 Å². The topological polar surface area (TPSA) is 52.7 Å². The summed E-state index contributed by atoms with van der Waals surface area (Å²) in [6.07, 6.45) is 0. The van der Waals surface area contributed by atoms with Crippen LogP contribution in [0.25, 0.3) is 0 Å². The van der Waals surface area contributed by atoms with Crippen LogP contribution >= 0.6 is 15.9 Å². The molecule has 1 heterocycles. The van der Waals surface area contributed by atoms with E-state index in [1.807, 2.05) is 0 Å². The lowest BCUT2D eigenvalue weighted by Crippen LogP contribution is -2.54. The van der Waals surface area contributed by atoms with Gasteiger partial charge in [0.05, 0.1) is 0 Å². The molecule has 0 bridgehead atoms. The van der Waals surface area contributed by atoms with E-state index in [4.69, 9.17) is 0 Å². The fraction of sp³-hybridized carbons (Fsp3) is 1.00. The van der Waals surface area contributed by atoms with Crippen molar-refractivity contribution in [1.29, 1.82) is 0 Å². The number of halogens is 1. The fourth-order valence-corrected chi connectivity index (χ4v) is 3.18. The van der Waals surface area contributed by atoms with Gasteiger partial charge in [-0.3, -0.25) is 4.90 Å². The Morgan fingerprint density at radius 3 is 2.22 bits per heavy atom. The van der Waals surface area contributed by atoms with Gasteiger partial charge in [0.15, 0.2) is 0 Å². The summed E-state index contributed by atoms with van der Waals surface area (Å²) >= 11 is 2.99. The zero-order chi connectivity index (χ0) is 13.8. The maximum atomic E-state index is 11.5. The van der Waals surface area contributed by atoms with Gasteiger partial charge in [-0.05, 0) is 13.0 Å². The summed E-state index contributed by atoms with van der Waals surface area (Å²) in [6.45, 7) is 8.90. The van der Waals surface area contributed by atoms with Crippen LogP contribution in [0.4, 0.5) is 0 Å². The maximum absolute atomic E-state index is 11.5. The van der Waals surface area contributed by atoms with Gasteiger partial charge in [-0.1, -0.05) is 29.8 Å². The van der Waals surface area contributed by atoms with E-state index >= 15 is 0 Å². The Bertz CT molecular complexity index is 340. The summed E-state index contributed by atoms with van der Waals surface area (Å²) in [4.78, 5) is 4.69. The van der Waals surface area contributed by atoms with E-state index in [-0.39, 0.29) is 10.7 Å². The summed E-state index contributed by atoms with van der Waals surface area (Å²) in [5.41, 5.74) is 0. The number of hydrogen-bond donors (Lipinski definition) is 1. The molecule has 1 aliphatic heterocycles. The molecule has 0 aromatic heterocycles. The molecule has 0 aliphatic carbocycles. The molecule has 1 saturated heterocycles. The summed E-state index contributed by atoms with van der Waals surface area (Å²) in [5.74, 6) is 0.437. The molecule has 7 heteroatoms. The Labute approximate surface area is 119 Å². The molecule has 0 spiro atoms. The molecule has 0 radical (unpaired) electrons. The quantitative estimate of drug-likeness (QED) is 0.716. The Morgan fingerprint density at radius 2 is 1.78 bits per heavy atom. The average Bonchev–Trinajstić information content (AvgIpc) is 2.31. The zero-order valence-electron chi connectivity index (χ0n) is 11.4. The number of rotatable bonds is 6. The summed E-state index contributed by atoms with van der Waals surface area (Å²) in [5, 5.41) is 0. The maximum Gasteiger partial charge on any atom is 0.221 e. The lowest BCUT2D eigenvalue weighted by Gasteiger charge is -2.39. The zero-order valence-corrected chi connectivity index (χ0v) is 13.8. The first-order chi connectivity index (χ1) is 8.35. The first-order valence-electron chi connectivity index (χ1n) is 6.31. The van der Waals surface area contributed by atoms with E-state index in [0.717, 1.165) is 26.2 Å². The highest BCUT2D eigenvalue weighted by Crippen LogP contribution is 2.13. The molecule has 1 rings (SSSR count). The Morgan fingerprint density at radius 1 is 1.22 bits per heavy atom. The van der Waals surface area contributed by atoms with Gasteiger partial charge in [0.2, 0.25) is 10.0 Å². The van der Waals surface area contributed by atoms with Crippen molar-refractivity contribution in [2.45, 2.75) is 19.9 Å². The van der Waals surface area contributed by atoms with E-state index in [2.05, 4.69) is 51.3 Å². The first-order valence-corrected chi connectivity index (χ1v) is 9.09. The normalized spacial score (nSPS) is 21.4. The number of nitrogens with zero attached hydrogens (tertiary/aromatic N) is 2. The molecule has 0 aromatic rings. The standard InChI is InChI=1S/C11H24BrN3O2S/c1-10(2)11(8-13-18(16,17)9-12)15-6-4-14(3)5-7-15/h10-11,13H,4-9H2,1-3H3. The molecule has 1 aliphatic rings. The van der Waals surface area contributed by atoms with Gasteiger partial charge in [0.1, 0.15) is 4.66 Å². The van der Waals surface area contributed by atoms with Crippen molar-refractivity contribution in [3.63, 3.8) is 0 Å². The van der Waals surface area contributed by atoms with Crippen molar-refractivity contribution in [2.24, 2.45) is 5.92 Å². The van der Waals surface area contributed by atoms with Gasteiger partial charge in [-0.25, -0.2) is 13.1 Å². The summed E-state index contributed by atoms with van der Waals surface area (Å²) in [7, 11) is -1.05. The van der Waals surface area contributed by atoms with Crippen molar-refractivity contribution in [3.05, 3.63) is 0 Å². The van der Waals surface area contributed by atoms with Crippen LogP contribution in [0.15, 0.2) is 0 Å². The molecule has 1 unspecified atom stereocenters. The molecule has 18 heavy (non-hydrogen) atoms. The minimum absolute atomic E-state index is 0.0342. The Balaban J connectivity index is 2.55. The predicted molar refractivity (Wildman–Crippen MR) is 78.4 cm³/mol. The number of piperazine rings is 1. The molecule has 1 atom stereocenters. The second-order valence-corrected chi connectivity index (χ2v) is 8.33. The van der Waals surface area contributed by atoms with Crippen LogP contribution < -0.4 is 4.72 Å². The minimum Gasteiger partial charge on any atom is -0.304 e. The SMILES string of the molecule is CC(C)C(CNS(=O)(=O)CBr)N1CCN(C)CC1. The second kappa shape index (κ2) is 7.19. The van der Waals surface area contributed by atoms with Crippen LogP contribution in [0.1, 0.15) is 13.8 Å². The first kappa shape index (κ1) is 16.4. The summed E-state index contributed by atoms with van der Waals surface area (Å²) in [6, 6.07) is 0.271. The van der Waals surface area contributed by atoms with Crippen molar-refractivity contribution in [1.82, 2.24) is 14.5 Å². The molecular weight excluding hydrogens is 318 g/mol. The number of nitrogens with one attached hydrogen (secondary N) is 1. The van der Waals surface area contributed by atoms with Crippen LogP contribution in [-0.2, 0) is 10.0 Å². The Kier molecular flexibility index (Phi) is 6.54. The van der Waals surface area contributed by atoms with Crippen molar-refractivity contribution in [2.75, 3.05) is 44.4 Å². The largest absolute Gasteiger partial charge is 0.304 e. The number of hydrogen-bond acceptors (Lipinski definition) is 4. The van der Waals surface area contributed by atoms with E-state index in [1.165, 1.54) is 0 Å². The summed E-state index contributed by atoms with van der Waals surface area (Å²) < 4.78 is 25.6. The number of alkyl halides is 1. The van der Waals surface area contributed by atoms with E-state index in [0.29, 0.717) is 12.5 Å². The highest BCUT2D eigenvalue weighted by Gasteiger charge is 2.25. The molecule has 0 aromatic carbocycles. The fourth-order valence-electron chi connectivity index (χ4n) is 2.19. The van der Waals surface area contributed by atoms with Gasteiger partial charge in [0.25, 0.3) is 0 Å². The van der Waals surface area contributed by atoms with Crippen LogP contribution in [0, 0.1) is 5.92 Å². The third-order valence-electron chi connectivity index (χ3n) is 3.43. The highest BCUT2D eigenvalue weighted by molar-refractivity contribution is 9.10. The van der Waals surface area contributed by atoms with E-state index < -0.39 is 10.0 Å². The van der Waals surface area contributed by atoms with Crippen molar-refractivity contribution >= 4 is 26.0 Å². The van der Waals surface area contributed by atoms with E-state index in [9.17, 15) is 8.42 Å². The molecule has 1 fully saturated rings. The molecule has 5 nitrogen and oxygen atoms in total. The third kappa shape index (κ3) is 5.13. The van der Waals surface area contributed by atoms with Gasteiger partial charge in [-0.2, -0.15) is 0 Å². The monoisotopic (exact) mass is 341 g/mol. The smallest absolute Gasteiger partial charge is 0.221 e. The highest BCUT2D eigenvalue weighted by atomic mass is 79.9. The van der Waals surface area contributed by atoms with Gasteiger partial charge in [0, 0.05) is 38.8 Å².